The van der Waals surface area contributed by atoms with Crippen molar-refractivity contribution in [2.24, 2.45) is 0 Å². The zero-order valence-electron chi connectivity index (χ0n) is 12.3. The van der Waals surface area contributed by atoms with Gasteiger partial charge >= 0.3 is 0 Å². The summed E-state index contributed by atoms with van der Waals surface area (Å²) in [5.74, 6) is 0.911. The zero-order valence-corrected chi connectivity index (χ0v) is 12.3. The molecule has 0 radical (unpaired) electrons. The number of aromatic nitrogens is 1. The first-order chi connectivity index (χ1) is 9.70. The number of nitrogens with one attached hydrogen (secondary N) is 1. The largest absolute Gasteiger partial charge is 0.491 e. The molecule has 0 aliphatic rings. The van der Waals surface area contributed by atoms with Crippen LogP contribution in [0.15, 0.2) is 48.8 Å². The van der Waals surface area contributed by atoms with Crippen LogP contribution in [0.25, 0.3) is 0 Å². The fourth-order valence-electron chi connectivity index (χ4n) is 2.20. The molecule has 0 amide bonds. The molecule has 0 aliphatic carbocycles. The summed E-state index contributed by atoms with van der Waals surface area (Å²) in [6.45, 7) is 7.10. The van der Waals surface area contributed by atoms with Gasteiger partial charge in [0.2, 0.25) is 0 Å². The van der Waals surface area contributed by atoms with E-state index in [0.717, 1.165) is 12.3 Å². The lowest BCUT2D eigenvalue weighted by Gasteiger charge is -2.19. The number of ether oxygens (including phenoxy) is 1. The Morgan fingerprint density at radius 2 is 1.60 bits per heavy atom. The highest BCUT2D eigenvalue weighted by Crippen LogP contribution is 2.24. The Morgan fingerprint density at radius 1 is 1.00 bits per heavy atom. The van der Waals surface area contributed by atoms with E-state index in [0.29, 0.717) is 0 Å². The van der Waals surface area contributed by atoms with Gasteiger partial charge in [-0.05, 0) is 55.8 Å². The minimum absolute atomic E-state index is 0.191. The molecule has 1 aromatic heterocycles. The van der Waals surface area contributed by atoms with E-state index in [-0.39, 0.29) is 12.1 Å². The van der Waals surface area contributed by atoms with Crippen LogP contribution in [0.1, 0.15) is 37.9 Å². The number of nitrogens with zero attached hydrogens (tertiary/aromatic N) is 1. The van der Waals surface area contributed by atoms with Gasteiger partial charge in [0.15, 0.2) is 0 Å². The Balaban J connectivity index is 2.21. The molecule has 0 saturated carbocycles. The van der Waals surface area contributed by atoms with Crippen LogP contribution in [-0.2, 0) is 0 Å². The summed E-state index contributed by atoms with van der Waals surface area (Å²) >= 11 is 0. The highest BCUT2D eigenvalue weighted by molar-refractivity contribution is 5.34. The van der Waals surface area contributed by atoms with Crippen molar-refractivity contribution in [3.63, 3.8) is 0 Å². The molecular weight excluding hydrogens is 248 g/mol. The molecule has 2 rings (SSSR count). The quantitative estimate of drug-likeness (QED) is 0.871. The third-order valence-corrected chi connectivity index (χ3v) is 3.03. The first-order valence-electron chi connectivity index (χ1n) is 7.10. The molecular formula is C17H22N2O. The molecule has 1 atom stereocenters. The fraction of sp³-hybridized carbons (Fsp3) is 0.353. The van der Waals surface area contributed by atoms with Gasteiger partial charge in [-0.25, -0.2) is 0 Å². The van der Waals surface area contributed by atoms with Gasteiger partial charge in [0.1, 0.15) is 5.75 Å². The van der Waals surface area contributed by atoms with Crippen molar-refractivity contribution in [1.29, 1.82) is 0 Å². The van der Waals surface area contributed by atoms with Crippen LogP contribution in [0.3, 0.4) is 0 Å². The normalized spacial score (nSPS) is 12.4. The van der Waals surface area contributed by atoms with Crippen LogP contribution >= 0.6 is 0 Å². The number of benzene rings is 1. The second-order valence-electron chi connectivity index (χ2n) is 5.01. The SMILES string of the molecule is CCNC(c1ccncc1)c1ccc(OC(C)C)cc1. The monoisotopic (exact) mass is 270 g/mol. The molecule has 0 bridgehead atoms. The predicted molar refractivity (Wildman–Crippen MR) is 82.0 cm³/mol. The standard InChI is InChI=1S/C17H22N2O/c1-4-19-17(15-9-11-18-12-10-15)14-5-7-16(8-6-14)20-13(2)3/h5-13,17,19H,4H2,1-3H3. The van der Waals surface area contributed by atoms with Gasteiger partial charge in [-0.15, -0.1) is 0 Å². The van der Waals surface area contributed by atoms with Crippen LogP contribution < -0.4 is 10.1 Å². The second kappa shape index (κ2) is 7.06. The molecule has 0 aliphatic heterocycles. The smallest absolute Gasteiger partial charge is 0.119 e. The number of pyridine rings is 1. The average molecular weight is 270 g/mol. The third-order valence-electron chi connectivity index (χ3n) is 3.03. The van der Waals surface area contributed by atoms with Crippen molar-refractivity contribution in [2.75, 3.05) is 6.54 Å². The van der Waals surface area contributed by atoms with Crippen molar-refractivity contribution in [2.45, 2.75) is 32.9 Å². The first-order valence-corrected chi connectivity index (χ1v) is 7.10. The van der Waals surface area contributed by atoms with Gasteiger partial charge in [0.05, 0.1) is 12.1 Å². The number of hydrogen-bond acceptors (Lipinski definition) is 3. The summed E-state index contributed by atoms with van der Waals surface area (Å²) in [7, 11) is 0. The molecule has 1 heterocycles. The number of hydrogen-bond donors (Lipinski definition) is 1. The zero-order chi connectivity index (χ0) is 14.4. The van der Waals surface area contributed by atoms with E-state index in [1.807, 2.05) is 50.5 Å². The van der Waals surface area contributed by atoms with Crippen molar-refractivity contribution < 1.29 is 4.74 Å². The molecule has 3 heteroatoms. The summed E-state index contributed by atoms with van der Waals surface area (Å²) in [5, 5.41) is 3.51. The predicted octanol–water partition coefficient (Wildman–Crippen LogP) is 3.57. The van der Waals surface area contributed by atoms with E-state index in [1.54, 1.807) is 0 Å². The van der Waals surface area contributed by atoms with Gasteiger partial charge < -0.3 is 10.1 Å². The summed E-state index contributed by atoms with van der Waals surface area (Å²) < 4.78 is 5.68. The Hall–Kier alpha value is -1.87. The van der Waals surface area contributed by atoms with Gasteiger partial charge in [-0.1, -0.05) is 19.1 Å². The van der Waals surface area contributed by atoms with Gasteiger partial charge in [-0.2, -0.15) is 0 Å². The summed E-state index contributed by atoms with van der Waals surface area (Å²) in [6.07, 6.45) is 3.86. The molecule has 0 fully saturated rings. The Bertz CT molecular complexity index is 508. The fourth-order valence-corrected chi connectivity index (χ4v) is 2.20. The average Bonchev–Trinajstić information content (AvgIpc) is 2.46. The van der Waals surface area contributed by atoms with Crippen LogP contribution in [0, 0.1) is 0 Å². The van der Waals surface area contributed by atoms with Crippen molar-refractivity contribution in [1.82, 2.24) is 10.3 Å². The lowest BCUT2D eigenvalue weighted by atomic mass is 9.99. The van der Waals surface area contributed by atoms with Crippen molar-refractivity contribution in [3.8, 4) is 5.75 Å². The molecule has 2 aromatic rings. The summed E-state index contributed by atoms with van der Waals surface area (Å²) in [5.41, 5.74) is 2.45. The molecule has 20 heavy (non-hydrogen) atoms. The first kappa shape index (κ1) is 14.5. The number of rotatable bonds is 6. The summed E-state index contributed by atoms with van der Waals surface area (Å²) in [4.78, 5) is 4.08. The molecule has 1 unspecified atom stereocenters. The Morgan fingerprint density at radius 3 is 2.15 bits per heavy atom. The van der Waals surface area contributed by atoms with E-state index >= 15 is 0 Å². The van der Waals surface area contributed by atoms with Crippen molar-refractivity contribution in [3.05, 3.63) is 59.9 Å². The van der Waals surface area contributed by atoms with E-state index in [2.05, 4.69) is 29.4 Å². The summed E-state index contributed by atoms with van der Waals surface area (Å²) in [6, 6.07) is 12.6. The lowest BCUT2D eigenvalue weighted by molar-refractivity contribution is 0.242. The molecule has 0 spiro atoms. The van der Waals surface area contributed by atoms with E-state index in [1.165, 1.54) is 11.1 Å². The Labute approximate surface area is 121 Å². The van der Waals surface area contributed by atoms with E-state index in [4.69, 9.17) is 4.74 Å². The van der Waals surface area contributed by atoms with Crippen LogP contribution in [0.2, 0.25) is 0 Å². The maximum Gasteiger partial charge on any atom is 0.119 e. The minimum atomic E-state index is 0.191. The third kappa shape index (κ3) is 3.81. The van der Waals surface area contributed by atoms with Crippen molar-refractivity contribution >= 4 is 0 Å². The molecule has 3 nitrogen and oxygen atoms in total. The highest BCUT2D eigenvalue weighted by Gasteiger charge is 2.12. The van der Waals surface area contributed by atoms with Crippen LogP contribution in [0.4, 0.5) is 0 Å². The Kier molecular flexibility index (Phi) is 5.13. The van der Waals surface area contributed by atoms with Gasteiger partial charge in [0, 0.05) is 12.4 Å². The van der Waals surface area contributed by atoms with E-state index < -0.39 is 0 Å². The topological polar surface area (TPSA) is 34.2 Å². The van der Waals surface area contributed by atoms with Crippen LogP contribution in [0.5, 0.6) is 5.75 Å². The van der Waals surface area contributed by atoms with E-state index in [9.17, 15) is 0 Å². The maximum atomic E-state index is 5.68. The molecule has 1 N–H and O–H groups in total. The lowest BCUT2D eigenvalue weighted by Crippen LogP contribution is -2.21. The highest BCUT2D eigenvalue weighted by atomic mass is 16.5. The maximum absolute atomic E-state index is 5.68. The van der Waals surface area contributed by atoms with Gasteiger partial charge in [0.25, 0.3) is 0 Å². The molecule has 0 saturated heterocycles. The second-order valence-corrected chi connectivity index (χ2v) is 5.01. The molecule has 1 aromatic carbocycles. The minimum Gasteiger partial charge on any atom is -0.491 e. The van der Waals surface area contributed by atoms with Crippen LogP contribution in [-0.4, -0.2) is 17.6 Å². The van der Waals surface area contributed by atoms with Gasteiger partial charge in [-0.3, -0.25) is 4.98 Å². The molecule has 106 valence electrons.